The van der Waals surface area contributed by atoms with Crippen molar-refractivity contribution in [2.75, 3.05) is 11.7 Å². The maximum atomic E-state index is 13.4. The van der Waals surface area contributed by atoms with E-state index in [2.05, 4.69) is 33.9 Å². The van der Waals surface area contributed by atoms with E-state index in [1.54, 1.807) is 61.9 Å². The van der Waals surface area contributed by atoms with Crippen LogP contribution in [0.5, 0.6) is 0 Å². The Morgan fingerprint density at radius 1 is 1.03 bits per heavy atom. The molecule has 0 unspecified atom stereocenters. The van der Waals surface area contributed by atoms with Gasteiger partial charge in [0.15, 0.2) is 5.82 Å². The lowest BCUT2D eigenvalue weighted by Gasteiger charge is -2.36. The molecule has 0 N–H and O–H groups in total. The molecule has 2 aromatic rings. The van der Waals surface area contributed by atoms with E-state index >= 15 is 0 Å². The number of amides is 1. The number of hydroxylamine groups is 1. The fourth-order valence-electron chi connectivity index (χ4n) is 3.51. The summed E-state index contributed by atoms with van der Waals surface area (Å²) in [5.41, 5.74) is -0.548. The zero-order chi connectivity index (χ0) is 29.4. The van der Waals surface area contributed by atoms with Crippen molar-refractivity contribution in [1.29, 1.82) is 0 Å². The van der Waals surface area contributed by atoms with Gasteiger partial charge in [0.25, 0.3) is 0 Å². The molecule has 3 rings (SSSR count). The third-order valence-electron chi connectivity index (χ3n) is 6.52. The minimum atomic E-state index is -2.04. The Balaban J connectivity index is 2.01. The number of benzene rings is 1. The van der Waals surface area contributed by atoms with Gasteiger partial charge in [-0.15, -0.1) is 0 Å². The highest BCUT2D eigenvalue weighted by atomic mass is 28.4. The van der Waals surface area contributed by atoms with E-state index in [0.717, 1.165) is 10.8 Å². The number of aromatic nitrogens is 2. The number of carbonyl (C=O) groups is 2. The highest BCUT2D eigenvalue weighted by Gasteiger charge is 2.41. The molecule has 1 amide bonds. The standard InChI is InChI=1S/C29H43N3O6Si/c1-27(2,3)32-24(18-22(30-32)23-17-21(19-35-23)38-39(10,11)29(7,8)9)31(26(34)36-28(4,5)6)37-25(33)20-15-13-12-14-16-20/h12-18,23H,19H2,1-11H3/t23-/m0/s1. The Labute approximate surface area is 233 Å². The average Bonchev–Trinajstić information content (AvgIpc) is 3.42. The molecular formula is C29H43N3O6Si. The minimum absolute atomic E-state index is 0.0451. The number of hydrogen-bond acceptors (Lipinski definition) is 7. The molecule has 0 fully saturated rings. The van der Waals surface area contributed by atoms with E-state index in [4.69, 9.17) is 23.8 Å². The average molecular weight is 558 g/mol. The molecule has 1 aliphatic heterocycles. The van der Waals surface area contributed by atoms with Gasteiger partial charge in [-0.3, -0.25) is 0 Å². The second-order valence-corrected chi connectivity index (χ2v) is 18.0. The van der Waals surface area contributed by atoms with Gasteiger partial charge in [-0.05, 0) is 77.9 Å². The highest BCUT2D eigenvalue weighted by Crippen LogP contribution is 2.40. The van der Waals surface area contributed by atoms with Crippen molar-refractivity contribution in [3.8, 4) is 0 Å². The van der Waals surface area contributed by atoms with E-state index in [9.17, 15) is 9.59 Å². The van der Waals surface area contributed by atoms with Crippen LogP contribution in [0.1, 0.15) is 84.5 Å². The summed E-state index contributed by atoms with van der Waals surface area (Å²) in [6.07, 6.45) is 0.596. The van der Waals surface area contributed by atoms with Crippen molar-refractivity contribution in [1.82, 2.24) is 9.78 Å². The molecule has 10 heteroatoms. The van der Waals surface area contributed by atoms with Gasteiger partial charge >= 0.3 is 12.1 Å². The van der Waals surface area contributed by atoms with Crippen molar-refractivity contribution in [3.63, 3.8) is 0 Å². The van der Waals surface area contributed by atoms with Crippen molar-refractivity contribution < 1.29 is 28.3 Å². The normalized spacial score (nSPS) is 16.5. The highest BCUT2D eigenvalue weighted by molar-refractivity contribution is 6.74. The number of carbonyl (C=O) groups excluding carboxylic acids is 2. The monoisotopic (exact) mass is 557 g/mol. The molecule has 2 heterocycles. The van der Waals surface area contributed by atoms with Crippen LogP contribution in [0.2, 0.25) is 18.1 Å². The van der Waals surface area contributed by atoms with Crippen LogP contribution in [0.15, 0.2) is 48.2 Å². The van der Waals surface area contributed by atoms with Crippen LogP contribution < -0.4 is 5.06 Å². The second kappa shape index (κ2) is 10.8. The molecule has 0 saturated carbocycles. The van der Waals surface area contributed by atoms with Gasteiger partial charge in [0.2, 0.25) is 8.32 Å². The van der Waals surface area contributed by atoms with Gasteiger partial charge in [0, 0.05) is 6.07 Å². The predicted molar refractivity (Wildman–Crippen MR) is 153 cm³/mol. The summed E-state index contributed by atoms with van der Waals surface area (Å²) in [6.45, 7) is 22.3. The Bertz CT molecular complexity index is 1220. The maximum absolute atomic E-state index is 13.4. The third kappa shape index (κ3) is 7.51. The Kier molecular flexibility index (Phi) is 8.43. The van der Waals surface area contributed by atoms with Crippen molar-refractivity contribution in [3.05, 3.63) is 59.5 Å². The molecule has 9 nitrogen and oxygen atoms in total. The minimum Gasteiger partial charge on any atom is -0.545 e. The quantitative estimate of drug-likeness (QED) is 0.285. The first-order chi connectivity index (χ1) is 17.8. The fourth-order valence-corrected chi connectivity index (χ4v) is 4.60. The first kappa shape index (κ1) is 30.4. The van der Waals surface area contributed by atoms with Gasteiger partial charge in [-0.2, -0.15) is 5.10 Å². The van der Waals surface area contributed by atoms with Crippen LogP contribution >= 0.6 is 0 Å². The predicted octanol–water partition coefficient (Wildman–Crippen LogP) is 7.13. The van der Waals surface area contributed by atoms with Gasteiger partial charge in [0.05, 0.1) is 16.8 Å². The number of nitrogens with zero attached hydrogens (tertiary/aromatic N) is 3. The lowest BCUT2D eigenvalue weighted by molar-refractivity contribution is 0.0185. The molecule has 1 atom stereocenters. The van der Waals surface area contributed by atoms with E-state index in [1.807, 2.05) is 26.8 Å². The summed E-state index contributed by atoms with van der Waals surface area (Å²) in [7, 11) is -2.04. The summed E-state index contributed by atoms with van der Waals surface area (Å²) in [4.78, 5) is 32.0. The lowest BCUT2D eigenvalue weighted by atomic mass is 10.1. The molecule has 0 saturated heterocycles. The number of ether oxygens (including phenoxy) is 2. The van der Waals surface area contributed by atoms with Gasteiger partial charge < -0.3 is 18.7 Å². The van der Waals surface area contributed by atoms with Crippen LogP contribution in [0.25, 0.3) is 0 Å². The van der Waals surface area contributed by atoms with Crippen LogP contribution in [0, 0.1) is 0 Å². The summed E-state index contributed by atoms with van der Waals surface area (Å²) >= 11 is 0. The van der Waals surface area contributed by atoms with Crippen LogP contribution in [0.4, 0.5) is 10.6 Å². The number of anilines is 1. The van der Waals surface area contributed by atoms with Crippen LogP contribution in [0.3, 0.4) is 0 Å². The second-order valence-electron chi connectivity index (χ2n) is 13.3. The summed E-state index contributed by atoms with van der Waals surface area (Å²) in [5.74, 6) is 0.316. The Hall–Kier alpha value is -3.11. The largest absolute Gasteiger partial charge is 0.545 e. The molecule has 0 spiro atoms. The van der Waals surface area contributed by atoms with Crippen LogP contribution in [-0.4, -0.2) is 42.4 Å². The van der Waals surface area contributed by atoms with Crippen molar-refractivity contribution in [2.24, 2.45) is 0 Å². The Morgan fingerprint density at radius 2 is 1.64 bits per heavy atom. The van der Waals surface area contributed by atoms with Crippen LogP contribution in [-0.2, 0) is 24.3 Å². The summed E-state index contributed by atoms with van der Waals surface area (Å²) < 4.78 is 19.7. The zero-order valence-electron chi connectivity index (χ0n) is 25.1. The molecule has 1 aliphatic rings. The molecule has 0 bridgehead atoms. The fraction of sp³-hybridized carbons (Fsp3) is 0.552. The smallest absolute Gasteiger partial charge is 0.450 e. The van der Waals surface area contributed by atoms with Gasteiger partial charge in [-0.1, -0.05) is 44.0 Å². The molecule has 1 aromatic carbocycles. The first-order valence-electron chi connectivity index (χ1n) is 13.2. The van der Waals surface area contributed by atoms with Crippen molar-refractivity contribution in [2.45, 2.75) is 97.7 Å². The summed E-state index contributed by atoms with van der Waals surface area (Å²) in [5, 5.41) is 5.70. The molecule has 0 radical (unpaired) electrons. The number of hydrogen-bond donors (Lipinski definition) is 0. The SMILES string of the molecule is CC(C)(C)OC(=O)N(OC(=O)c1ccccc1)c1cc([C@@H]2C=C(O[Si](C)(C)C(C)(C)C)CO2)nn1C(C)(C)C. The molecular weight excluding hydrogens is 514 g/mol. The van der Waals surface area contributed by atoms with E-state index in [0.29, 0.717) is 17.9 Å². The molecule has 1 aromatic heterocycles. The Morgan fingerprint density at radius 3 is 2.18 bits per heavy atom. The zero-order valence-corrected chi connectivity index (χ0v) is 26.1. The van der Waals surface area contributed by atoms with E-state index in [-0.39, 0.29) is 10.9 Å². The summed E-state index contributed by atoms with van der Waals surface area (Å²) in [6, 6.07) is 10.1. The number of rotatable bonds is 5. The maximum Gasteiger partial charge on any atom is 0.450 e. The van der Waals surface area contributed by atoms with Crippen molar-refractivity contribution >= 4 is 26.2 Å². The topological polar surface area (TPSA) is 92.1 Å². The molecule has 0 aliphatic carbocycles. The van der Waals surface area contributed by atoms with Gasteiger partial charge in [0.1, 0.15) is 24.1 Å². The molecule has 214 valence electrons. The first-order valence-corrected chi connectivity index (χ1v) is 16.1. The molecule has 39 heavy (non-hydrogen) atoms. The van der Waals surface area contributed by atoms with Gasteiger partial charge in [-0.25, -0.2) is 14.3 Å². The lowest BCUT2D eigenvalue weighted by Crippen LogP contribution is -2.41. The van der Waals surface area contributed by atoms with E-state index in [1.165, 1.54) is 0 Å². The third-order valence-corrected chi connectivity index (χ3v) is 10.9. The van der Waals surface area contributed by atoms with E-state index < -0.39 is 37.6 Å².